The van der Waals surface area contributed by atoms with Crippen LogP contribution in [0.2, 0.25) is 0 Å². The van der Waals surface area contributed by atoms with E-state index in [4.69, 9.17) is 20.7 Å². The van der Waals surface area contributed by atoms with E-state index in [9.17, 15) is 19.5 Å². The summed E-state index contributed by atoms with van der Waals surface area (Å²) in [5, 5.41) is 29.1. The molecule has 120 valence electrons. The normalized spacial score (nSPS) is 31.0. The Morgan fingerprint density at radius 3 is 2.73 bits per heavy atom. The molecule has 0 radical (unpaired) electrons. The number of nitrogens with one attached hydrogen (secondary N) is 1. The topological polar surface area (TPSA) is 187 Å². The summed E-state index contributed by atoms with van der Waals surface area (Å²) in [6.07, 6.45) is -4.70. The summed E-state index contributed by atoms with van der Waals surface area (Å²) in [6, 6.07) is -0.873. The third-order valence-electron chi connectivity index (χ3n) is 2.97. The lowest BCUT2D eigenvalue weighted by molar-refractivity contribution is -0.113. The number of amides is 4. The number of carbonyl (C=O) groups is 3. The van der Waals surface area contributed by atoms with Crippen molar-refractivity contribution >= 4 is 29.8 Å². The highest BCUT2D eigenvalue weighted by molar-refractivity contribution is 6.48. The van der Waals surface area contributed by atoms with Crippen LogP contribution in [0.3, 0.4) is 0 Å². The second-order valence-electron chi connectivity index (χ2n) is 4.43. The molecule has 2 heterocycles. The Morgan fingerprint density at radius 1 is 1.50 bits per heavy atom. The van der Waals surface area contributed by atoms with E-state index in [0.717, 1.165) is 4.90 Å². The fourth-order valence-electron chi connectivity index (χ4n) is 2.06. The van der Waals surface area contributed by atoms with Gasteiger partial charge in [-0.1, -0.05) is 0 Å². The number of nitrogens with zero attached hydrogens (tertiary/aromatic N) is 3. The van der Waals surface area contributed by atoms with Crippen molar-refractivity contribution in [3.8, 4) is 0 Å². The van der Waals surface area contributed by atoms with Crippen LogP contribution in [0.1, 0.15) is 6.42 Å². The van der Waals surface area contributed by atoms with E-state index in [2.05, 4.69) is 9.98 Å². The van der Waals surface area contributed by atoms with Crippen LogP contribution in [-0.2, 0) is 9.53 Å². The van der Waals surface area contributed by atoms with Gasteiger partial charge in [0.2, 0.25) is 11.8 Å². The number of amidine groups is 1. The number of carboxylic acid groups (broad SMARTS) is 1. The summed E-state index contributed by atoms with van der Waals surface area (Å²) in [6.45, 7) is -0.476. The number of hydrogen-bond acceptors (Lipinski definition) is 6. The van der Waals surface area contributed by atoms with Gasteiger partial charge in [-0.3, -0.25) is 10.1 Å². The van der Waals surface area contributed by atoms with Gasteiger partial charge >= 0.3 is 12.1 Å². The minimum absolute atomic E-state index is 0.0685. The van der Waals surface area contributed by atoms with E-state index in [1.54, 1.807) is 0 Å². The van der Waals surface area contributed by atoms with Gasteiger partial charge < -0.3 is 25.8 Å². The molecule has 0 spiro atoms. The lowest BCUT2D eigenvalue weighted by Gasteiger charge is -2.21. The summed E-state index contributed by atoms with van der Waals surface area (Å²) in [5.41, 5.74) is 5.24. The molecule has 6 N–H and O–H groups in total. The average Bonchev–Trinajstić information content (AvgIpc) is 2.89. The monoisotopic (exact) mass is 315 g/mol. The van der Waals surface area contributed by atoms with Crippen LogP contribution in [0.25, 0.3) is 0 Å². The number of hydrogen-bond donors (Lipinski definition) is 5. The molecule has 0 aliphatic carbocycles. The van der Waals surface area contributed by atoms with E-state index >= 15 is 0 Å². The van der Waals surface area contributed by atoms with Crippen LogP contribution < -0.4 is 11.1 Å². The number of urea groups is 1. The van der Waals surface area contributed by atoms with Gasteiger partial charge in [-0.15, -0.1) is 4.99 Å². The van der Waals surface area contributed by atoms with Gasteiger partial charge in [0.15, 0.2) is 0 Å². The molecule has 12 nitrogen and oxygen atoms in total. The first-order valence-corrected chi connectivity index (χ1v) is 6.08. The smallest absolute Gasteiger partial charge is 0.434 e. The molecule has 0 bridgehead atoms. The van der Waals surface area contributed by atoms with Crippen LogP contribution in [0.4, 0.5) is 9.59 Å². The predicted molar refractivity (Wildman–Crippen MR) is 68.8 cm³/mol. The van der Waals surface area contributed by atoms with E-state index in [1.165, 1.54) is 0 Å². The van der Waals surface area contributed by atoms with Gasteiger partial charge in [-0.25, -0.2) is 14.5 Å². The van der Waals surface area contributed by atoms with Crippen molar-refractivity contribution < 1.29 is 34.4 Å². The first-order chi connectivity index (χ1) is 10.3. The molecule has 2 rings (SSSR count). The number of imide groups is 1. The van der Waals surface area contributed by atoms with Gasteiger partial charge in [-0.2, -0.15) is 4.99 Å². The quantitative estimate of drug-likeness (QED) is 0.208. The third kappa shape index (κ3) is 3.03. The Balaban J connectivity index is 2.28. The van der Waals surface area contributed by atoms with E-state index < -0.39 is 54.9 Å². The third-order valence-corrected chi connectivity index (χ3v) is 2.97. The second-order valence-corrected chi connectivity index (χ2v) is 4.43. The van der Waals surface area contributed by atoms with Gasteiger partial charge in [0.1, 0.15) is 12.3 Å². The maximum absolute atomic E-state index is 11.8. The molecule has 0 aromatic carbocycles. The Kier molecular flexibility index (Phi) is 4.35. The van der Waals surface area contributed by atoms with Crippen LogP contribution in [-0.4, -0.2) is 75.1 Å². The lowest BCUT2D eigenvalue weighted by atomic mass is 10.2. The Hall–Kier alpha value is -2.57. The molecule has 0 saturated carbocycles. The molecule has 0 aromatic heterocycles. The fraction of sp³-hybridized carbons (Fsp3) is 0.500. The van der Waals surface area contributed by atoms with Gasteiger partial charge in [-0.05, 0) is 0 Å². The number of aliphatic hydroxyl groups is 2. The Bertz CT molecular complexity index is 574. The molecule has 3 atom stereocenters. The Morgan fingerprint density at radius 2 is 2.18 bits per heavy atom. The average molecular weight is 315 g/mol. The molecule has 0 unspecified atom stereocenters. The maximum atomic E-state index is 11.8. The van der Waals surface area contributed by atoms with Crippen molar-refractivity contribution in [3.63, 3.8) is 0 Å². The molecule has 4 amide bonds. The highest BCUT2D eigenvalue weighted by atomic mass is 16.5. The fourth-order valence-corrected chi connectivity index (χ4v) is 2.06. The molecule has 0 aromatic rings. The molecule has 2 saturated heterocycles. The van der Waals surface area contributed by atoms with Gasteiger partial charge in [0, 0.05) is 6.42 Å². The van der Waals surface area contributed by atoms with Crippen LogP contribution >= 0.6 is 0 Å². The van der Waals surface area contributed by atoms with Crippen molar-refractivity contribution in [2.75, 3.05) is 6.61 Å². The maximum Gasteiger partial charge on any atom is 0.434 e. The number of rotatable bonds is 2. The molecular weight excluding hydrogens is 302 g/mol. The minimum Gasteiger partial charge on any atom is -0.463 e. The summed E-state index contributed by atoms with van der Waals surface area (Å²) in [7, 11) is 0. The van der Waals surface area contributed by atoms with Crippen molar-refractivity contribution in [1.82, 2.24) is 10.2 Å². The van der Waals surface area contributed by atoms with Crippen LogP contribution in [0.15, 0.2) is 9.98 Å². The zero-order valence-corrected chi connectivity index (χ0v) is 11.0. The molecule has 22 heavy (non-hydrogen) atoms. The van der Waals surface area contributed by atoms with Crippen molar-refractivity contribution in [1.29, 1.82) is 0 Å². The predicted octanol–water partition coefficient (Wildman–Crippen LogP) is -2.60. The number of guanidine groups is 1. The second kappa shape index (κ2) is 6.05. The first-order valence-electron chi connectivity index (χ1n) is 6.08. The number of carbonyl (C=O) groups excluding carboxylic acids is 2. The summed E-state index contributed by atoms with van der Waals surface area (Å²) < 4.78 is 5.25. The van der Waals surface area contributed by atoms with Crippen molar-refractivity contribution in [2.45, 2.75) is 24.9 Å². The number of aliphatic imine (C=N–C) groups is 2. The lowest BCUT2D eigenvalue weighted by Crippen LogP contribution is -2.41. The molecule has 12 heteroatoms. The number of ether oxygens (including phenoxy) is 1. The van der Waals surface area contributed by atoms with Crippen molar-refractivity contribution in [3.05, 3.63) is 0 Å². The van der Waals surface area contributed by atoms with E-state index in [-0.39, 0.29) is 6.42 Å². The number of aliphatic hydroxyl groups excluding tert-OH is 2. The van der Waals surface area contributed by atoms with E-state index in [1.807, 2.05) is 5.32 Å². The summed E-state index contributed by atoms with van der Waals surface area (Å²) in [4.78, 5) is 41.0. The SMILES string of the molecule is NC(=N\C(=O)O)/N=C1\C(=O)NC(=O)N1[C@H]1C[C@H](O)[C@@H](CO)O1. The van der Waals surface area contributed by atoms with Gasteiger partial charge in [0.05, 0.1) is 12.7 Å². The largest absolute Gasteiger partial charge is 0.463 e. The highest BCUT2D eigenvalue weighted by Gasteiger charge is 2.46. The number of nitrogens with two attached hydrogens (primary N) is 1. The molecule has 2 aliphatic heterocycles. The van der Waals surface area contributed by atoms with Crippen LogP contribution in [0, 0.1) is 0 Å². The zero-order chi connectivity index (χ0) is 16.4. The molecular formula is C10H13N5O7. The minimum atomic E-state index is -1.62. The van der Waals surface area contributed by atoms with Gasteiger partial charge in [0.25, 0.3) is 5.91 Å². The van der Waals surface area contributed by atoms with E-state index in [0.29, 0.717) is 0 Å². The first kappa shape index (κ1) is 15.8. The molecule has 2 fully saturated rings. The molecule has 2 aliphatic rings. The highest BCUT2D eigenvalue weighted by Crippen LogP contribution is 2.25. The Labute approximate surface area is 122 Å². The summed E-state index contributed by atoms with van der Waals surface area (Å²) in [5.74, 6) is -2.17. The standard InChI is InChI=1S/C10H13N5O7/c11-8(14-10(20)21)12-6-7(18)13-9(19)15(6)5-1-3(17)4(2-16)22-5/h3-5,16-17H,1-2H2,(H2,11,14)(H,20,21)(H,13,18,19)/b12-6+/t3-,4+,5+/m0/s1. The summed E-state index contributed by atoms with van der Waals surface area (Å²) >= 11 is 0. The zero-order valence-electron chi connectivity index (χ0n) is 11.0. The van der Waals surface area contributed by atoms with Crippen molar-refractivity contribution in [2.24, 2.45) is 15.7 Å². The van der Waals surface area contributed by atoms with Crippen LogP contribution in [0.5, 0.6) is 0 Å².